The Morgan fingerprint density at radius 2 is 1.94 bits per heavy atom. The highest BCUT2D eigenvalue weighted by Gasteiger charge is 2.18. The lowest BCUT2D eigenvalue weighted by atomic mass is 10.1. The smallest absolute Gasteiger partial charge is 0.263 e. The van der Waals surface area contributed by atoms with Crippen LogP contribution >= 0.6 is 23.1 Å². The molecule has 168 valence electrons. The number of aromatic nitrogens is 4. The molecule has 0 bridgehead atoms. The first-order valence-electron chi connectivity index (χ1n) is 10.6. The van der Waals surface area contributed by atoms with Crippen molar-refractivity contribution >= 4 is 33.3 Å². The summed E-state index contributed by atoms with van der Waals surface area (Å²) in [5.41, 5.74) is 3.07. The SMILES string of the molecule is CCOCCCn1c(SCc2noc(-c3ccc(C)cc3)n2)nc2sc(C)c(C)c2c1=O. The van der Waals surface area contributed by atoms with Crippen molar-refractivity contribution < 1.29 is 9.26 Å². The average molecular weight is 471 g/mol. The quantitative estimate of drug-likeness (QED) is 0.190. The molecule has 7 nitrogen and oxygen atoms in total. The minimum atomic E-state index is 0.00399. The van der Waals surface area contributed by atoms with E-state index in [1.807, 2.05) is 52.0 Å². The fraction of sp³-hybridized carbons (Fsp3) is 0.391. The molecule has 0 saturated carbocycles. The molecular weight excluding hydrogens is 444 g/mol. The van der Waals surface area contributed by atoms with Crippen LogP contribution in [0.1, 0.15) is 35.2 Å². The van der Waals surface area contributed by atoms with Gasteiger partial charge in [-0.1, -0.05) is 34.6 Å². The summed E-state index contributed by atoms with van der Waals surface area (Å²) < 4.78 is 12.7. The fourth-order valence-electron chi connectivity index (χ4n) is 3.34. The van der Waals surface area contributed by atoms with Crippen LogP contribution in [0.2, 0.25) is 0 Å². The minimum absolute atomic E-state index is 0.00399. The Morgan fingerprint density at radius 3 is 2.69 bits per heavy atom. The van der Waals surface area contributed by atoms with Gasteiger partial charge in [0.1, 0.15) is 4.83 Å². The molecule has 1 aromatic carbocycles. The third-order valence-corrected chi connectivity index (χ3v) is 7.30. The van der Waals surface area contributed by atoms with Gasteiger partial charge in [-0.2, -0.15) is 4.98 Å². The summed E-state index contributed by atoms with van der Waals surface area (Å²) in [6.07, 6.45) is 0.746. The lowest BCUT2D eigenvalue weighted by Crippen LogP contribution is -2.24. The summed E-state index contributed by atoms with van der Waals surface area (Å²) in [4.78, 5) is 24.5. The number of ether oxygens (including phenoxy) is 1. The van der Waals surface area contributed by atoms with Crippen LogP contribution in [0.15, 0.2) is 38.7 Å². The number of aryl methyl sites for hydroxylation is 3. The van der Waals surface area contributed by atoms with Crippen LogP contribution in [-0.2, 0) is 17.0 Å². The van der Waals surface area contributed by atoms with Gasteiger partial charge in [0.15, 0.2) is 11.0 Å². The number of rotatable bonds is 9. The first-order chi connectivity index (χ1) is 15.5. The Hall–Kier alpha value is -2.49. The largest absolute Gasteiger partial charge is 0.382 e. The maximum Gasteiger partial charge on any atom is 0.263 e. The minimum Gasteiger partial charge on any atom is -0.382 e. The number of thiophene rings is 1. The Morgan fingerprint density at radius 1 is 1.16 bits per heavy atom. The first kappa shape index (κ1) is 22.7. The van der Waals surface area contributed by atoms with Crippen molar-refractivity contribution in [3.8, 4) is 11.5 Å². The highest BCUT2D eigenvalue weighted by atomic mass is 32.2. The van der Waals surface area contributed by atoms with Gasteiger partial charge in [-0.3, -0.25) is 9.36 Å². The molecule has 0 fully saturated rings. The summed E-state index contributed by atoms with van der Waals surface area (Å²) in [6.45, 7) is 9.84. The van der Waals surface area contributed by atoms with Crippen molar-refractivity contribution in [2.75, 3.05) is 13.2 Å². The summed E-state index contributed by atoms with van der Waals surface area (Å²) in [7, 11) is 0. The Kier molecular flexibility index (Phi) is 7.07. The van der Waals surface area contributed by atoms with E-state index in [4.69, 9.17) is 14.2 Å². The lowest BCUT2D eigenvalue weighted by Gasteiger charge is -2.11. The number of benzene rings is 1. The van der Waals surface area contributed by atoms with Gasteiger partial charge in [0.2, 0.25) is 0 Å². The third kappa shape index (κ3) is 4.79. The van der Waals surface area contributed by atoms with E-state index >= 15 is 0 Å². The van der Waals surface area contributed by atoms with Crippen LogP contribution in [0.4, 0.5) is 0 Å². The molecule has 3 heterocycles. The highest BCUT2D eigenvalue weighted by molar-refractivity contribution is 7.98. The van der Waals surface area contributed by atoms with Crippen molar-refractivity contribution in [3.63, 3.8) is 0 Å². The summed E-state index contributed by atoms with van der Waals surface area (Å²) in [5.74, 6) is 1.52. The van der Waals surface area contributed by atoms with Crippen LogP contribution < -0.4 is 5.56 Å². The predicted octanol–water partition coefficient (Wildman–Crippen LogP) is 5.15. The number of nitrogens with zero attached hydrogens (tertiary/aromatic N) is 4. The van der Waals surface area contributed by atoms with Crippen LogP contribution in [0.5, 0.6) is 0 Å². The molecule has 9 heteroatoms. The van der Waals surface area contributed by atoms with Crippen molar-refractivity contribution in [1.29, 1.82) is 0 Å². The van der Waals surface area contributed by atoms with E-state index in [2.05, 4.69) is 10.1 Å². The molecule has 4 rings (SSSR count). The molecule has 0 atom stereocenters. The van der Waals surface area contributed by atoms with Gasteiger partial charge in [-0.05, 0) is 51.8 Å². The van der Waals surface area contributed by atoms with Crippen molar-refractivity contribution in [1.82, 2.24) is 19.7 Å². The lowest BCUT2D eigenvalue weighted by molar-refractivity contribution is 0.140. The second-order valence-corrected chi connectivity index (χ2v) is 9.68. The number of hydrogen-bond donors (Lipinski definition) is 0. The first-order valence-corrected chi connectivity index (χ1v) is 12.4. The molecule has 0 spiro atoms. The molecule has 0 aliphatic heterocycles. The van der Waals surface area contributed by atoms with Gasteiger partial charge in [0.05, 0.1) is 11.1 Å². The second-order valence-electron chi connectivity index (χ2n) is 7.54. The normalized spacial score (nSPS) is 11.5. The highest BCUT2D eigenvalue weighted by Crippen LogP contribution is 2.29. The zero-order chi connectivity index (χ0) is 22.7. The van der Waals surface area contributed by atoms with Crippen molar-refractivity contribution in [3.05, 3.63) is 56.4 Å². The van der Waals surface area contributed by atoms with Crippen LogP contribution in [0, 0.1) is 20.8 Å². The van der Waals surface area contributed by atoms with Crippen molar-refractivity contribution in [2.24, 2.45) is 0 Å². The molecule has 0 radical (unpaired) electrons. The van der Waals surface area contributed by atoms with Crippen molar-refractivity contribution in [2.45, 2.75) is 51.6 Å². The van der Waals surface area contributed by atoms with Gasteiger partial charge in [0.25, 0.3) is 11.4 Å². The summed E-state index contributed by atoms with van der Waals surface area (Å²) >= 11 is 3.01. The van der Waals surface area contributed by atoms with Crippen LogP contribution in [0.3, 0.4) is 0 Å². The van der Waals surface area contributed by atoms with E-state index in [0.717, 1.165) is 32.6 Å². The Labute approximate surface area is 194 Å². The van der Waals surface area contributed by atoms with Gasteiger partial charge in [0, 0.05) is 30.2 Å². The van der Waals surface area contributed by atoms with E-state index in [0.29, 0.717) is 42.4 Å². The number of fused-ring (bicyclic) bond motifs is 1. The average Bonchev–Trinajstić information content (AvgIpc) is 3.36. The van der Waals surface area contributed by atoms with Gasteiger partial charge < -0.3 is 9.26 Å². The standard InChI is InChI=1S/C23H26N4O3S2/c1-5-29-12-6-11-27-22(28)19-15(3)16(4)32-21(19)25-23(27)31-13-18-24-20(30-26-18)17-9-7-14(2)8-10-17/h7-10H,5-6,11-13H2,1-4H3. The van der Waals surface area contributed by atoms with E-state index in [1.54, 1.807) is 15.9 Å². The molecule has 0 saturated heterocycles. The zero-order valence-electron chi connectivity index (χ0n) is 18.7. The molecule has 0 amide bonds. The molecule has 3 aromatic heterocycles. The van der Waals surface area contributed by atoms with Gasteiger partial charge >= 0.3 is 0 Å². The Balaban J connectivity index is 1.59. The maximum absolute atomic E-state index is 13.3. The van der Waals surface area contributed by atoms with Crippen LogP contribution in [-0.4, -0.2) is 32.9 Å². The molecule has 0 aliphatic carbocycles. The van der Waals surface area contributed by atoms with Crippen LogP contribution in [0.25, 0.3) is 21.7 Å². The number of hydrogen-bond acceptors (Lipinski definition) is 8. The topological polar surface area (TPSA) is 83.0 Å². The predicted molar refractivity (Wildman–Crippen MR) is 128 cm³/mol. The number of thioether (sulfide) groups is 1. The summed E-state index contributed by atoms with van der Waals surface area (Å²) in [5, 5.41) is 5.50. The Bertz CT molecular complexity index is 1280. The van der Waals surface area contributed by atoms with E-state index in [-0.39, 0.29) is 5.56 Å². The molecule has 0 aliphatic rings. The van der Waals surface area contributed by atoms with E-state index in [9.17, 15) is 4.79 Å². The van der Waals surface area contributed by atoms with E-state index in [1.165, 1.54) is 17.3 Å². The monoisotopic (exact) mass is 470 g/mol. The molecule has 32 heavy (non-hydrogen) atoms. The van der Waals surface area contributed by atoms with Gasteiger partial charge in [-0.25, -0.2) is 4.98 Å². The molecule has 0 N–H and O–H groups in total. The summed E-state index contributed by atoms with van der Waals surface area (Å²) in [6, 6.07) is 7.96. The molecule has 4 aromatic rings. The molecular formula is C23H26N4O3S2. The fourth-order valence-corrected chi connectivity index (χ4v) is 5.28. The van der Waals surface area contributed by atoms with Gasteiger partial charge in [-0.15, -0.1) is 11.3 Å². The second kappa shape index (κ2) is 9.97. The maximum atomic E-state index is 13.3. The zero-order valence-corrected chi connectivity index (χ0v) is 20.3. The third-order valence-electron chi connectivity index (χ3n) is 5.23. The van der Waals surface area contributed by atoms with E-state index < -0.39 is 0 Å². The molecule has 0 unspecified atom stereocenters.